The van der Waals surface area contributed by atoms with Crippen LogP contribution in [0.5, 0.6) is 0 Å². The maximum Gasteiger partial charge on any atom is 0.410 e. The molecule has 1 aliphatic heterocycles. The number of halogens is 2. The molecule has 0 bridgehead atoms. The van der Waals surface area contributed by atoms with Gasteiger partial charge >= 0.3 is 6.09 Å². The molecule has 1 aromatic rings. The first kappa shape index (κ1) is 18.6. The predicted molar refractivity (Wildman–Crippen MR) is 85.6 cm³/mol. The van der Waals surface area contributed by atoms with Crippen LogP contribution in [0.4, 0.5) is 13.6 Å². The highest BCUT2D eigenvalue weighted by Crippen LogP contribution is 2.19. The second-order valence-electron chi connectivity index (χ2n) is 6.99. The van der Waals surface area contributed by atoms with E-state index in [4.69, 9.17) is 4.74 Å². The Bertz CT molecular complexity index is 561. The van der Waals surface area contributed by atoms with Crippen molar-refractivity contribution < 1.29 is 23.4 Å². The molecule has 1 amide bonds. The smallest absolute Gasteiger partial charge is 0.410 e. The summed E-state index contributed by atoms with van der Waals surface area (Å²) in [6.07, 6.45) is -1.34. The maximum atomic E-state index is 13.2. The quantitative estimate of drug-likeness (QED) is 0.917. The fraction of sp³-hybridized carbons (Fsp3) is 0.588. The Hall–Kier alpha value is -1.73. The van der Waals surface area contributed by atoms with Gasteiger partial charge in [-0.2, -0.15) is 0 Å². The summed E-state index contributed by atoms with van der Waals surface area (Å²) in [6, 6.07) is 3.03. The van der Waals surface area contributed by atoms with Crippen molar-refractivity contribution in [3.05, 3.63) is 35.4 Å². The van der Waals surface area contributed by atoms with Gasteiger partial charge in [0.25, 0.3) is 0 Å². The van der Waals surface area contributed by atoms with Crippen LogP contribution >= 0.6 is 0 Å². The summed E-state index contributed by atoms with van der Waals surface area (Å²) in [6.45, 7) is 7.80. The Morgan fingerprint density at radius 1 is 1.17 bits per heavy atom. The Morgan fingerprint density at radius 3 is 2.21 bits per heavy atom. The lowest BCUT2D eigenvalue weighted by atomic mass is 10.1. The minimum atomic E-state index is -0.983. The van der Waals surface area contributed by atoms with E-state index in [1.807, 2.05) is 25.7 Å². The summed E-state index contributed by atoms with van der Waals surface area (Å²) in [7, 11) is 0. The van der Waals surface area contributed by atoms with Crippen molar-refractivity contribution in [2.24, 2.45) is 0 Å². The van der Waals surface area contributed by atoms with E-state index in [1.165, 1.54) is 0 Å². The van der Waals surface area contributed by atoms with Crippen molar-refractivity contribution in [2.45, 2.75) is 32.5 Å². The number of rotatable bonds is 3. The monoisotopic (exact) mass is 342 g/mol. The third-order valence-corrected chi connectivity index (χ3v) is 3.72. The van der Waals surface area contributed by atoms with Gasteiger partial charge in [-0.05, 0) is 38.5 Å². The molecule has 1 atom stereocenters. The third-order valence-electron chi connectivity index (χ3n) is 3.72. The molecule has 7 heteroatoms. The summed E-state index contributed by atoms with van der Waals surface area (Å²) in [5.41, 5.74) is -0.326. The van der Waals surface area contributed by atoms with Gasteiger partial charge in [-0.3, -0.25) is 4.90 Å². The van der Waals surface area contributed by atoms with Crippen molar-refractivity contribution in [3.63, 3.8) is 0 Å². The van der Waals surface area contributed by atoms with E-state index in [0.29, 0.717) is 26.2 Å². The number of benzene rings is 1. The van der Waals surface area contributed by atoms with E-state index in [2.05, 4.69) is 0 Å². The van der Waals surface area contributed by atoms with E-state index >= 15 is 0 Å². The molecule has 0 radical (unpaired) electrons. The van der Waals surface area contributed by atoms with Crippen molar-refractivity contribution in [2.75, 3.05) is 32.7 Å². The van der Waals surface area contributed by atoms with Crippen LogP contribution < -0.4 is 0 Å². The molecule has 0 spiro atoms. The highest BCUT2D eigenvalue weighted by molar-refractivity contribution is 5.68. The van der Waals surface area contributed by atoms with Gasteiger partial charge in [-0.1, -0.05) is 0 Å². The fourth-order valence-electron chi connectivity index (χ4n) is 2.56. The number of β-amino-alcohol motifs (C(OH)–C–C–N with tert-alkyl or cyclic N) is 1. The van der Waals surface area contributed by atoms with Gasteiger partial charge in [-0.25, -0.2) is 13.6 Å². The van der Waals surface area contributed by atoms with Crippen LogP contribution in [0.3, 0.4) is 0 Å². The lowest BCUT2D eigenvalue weighted by molar-refractivity contribution is 0.0100. The first-order valence-corrected chi connectivity index (χ1v) is 7.98. The molecule has 0 saturated carbocycles. The van der Waals surface area contributed by atoms with Crippen LogP contribution in [0.2, 0.25) is 0 Å². The molecule has 1 aliphatic rings. The van der Waals surface area contributed by atoms with Crippen LogP contribution in [0.25, 0.3) is 0 Å². The number of carbonyl (C=O) groups excluding carboxylic acids is 1. The molecule has 0 aliphatic carbocycles. The van der Waals surface area contributed by atoms with Crippen molar-refractivity contribution in [1.29, 1.82) is 0 Å². The number of ether oxygens (including phenoxy) is 1. The lowest BCUT2D eigenvalue weighted by Crippen LogP contribution is -2.50. The summed E-state index contributed by atoms with van der Waals surface area (Å²) in [5, 5.41) is 10.2. The van der Waals surface area contributed by atoms with Crippen molar-refractivity contribution in [3.8, 4) is 0 Å². The Labute approximate surface area is 140 Å². The van der Waals surface area contributed by atoms with Crippen LogP contribution in [0.15, 0.2) is 18.2 Å². The molecule has 2 rings (SSSR count). The summed E-state index contributed by atoms with van der Waals surface area (Å²) in [4.78, 5) is 15.6. The molecule has 1 aromatic carbocycles. The molecular weight excluding hydrogens is 318 g/mol. The van der Waals surface area contributed by atoms with E-state index < -0.39 is 23.3 Å². The number of carbonyl (C=O) groups is 1. The van der Waals surface area contributed by atoms with E-state index in [9.17, 15) is 18.7 Å². The molecule has 1 N–H and O–H groups in total. The number of aliphatic hydroxyl groups is 1. The van der Waals surface area contributed by atoms with Gasteiger partial charge in [0.2, 0.25) is 0 Å². The van der Waals surface area contributed by atoms with Crippen LogP contribution in [0.1, 0.15) is 32.4 Å². The second-order valence-corrected chi connectivity index (χ2v) is 6.99. The number of nitrogens with zero attached hydrogens (tertiary/aromatic N) is 2. The van der Waals surface area contributed by atoms with Gasteiger partial charge in [-0.15, -0.1) is 0 Å². The van der Waals surface area contributed by atoms with E-state index in [0.717, 1.165) is 18.2 Å². The van der Waals surface area contributed by atoms with E-state index in [1.54, 1.807) is 4.90 Å². The van der Waals surface area contributed by atoms with Crippen molar-refractivity contribution in [1.82, 2.24) is 9.80 Å². The van der Waals surface area contributed by atoms with Gasteiger partial charge < -0.3 is 14.7 Å². The van der Waals surface area contributed by atoms with Crippen LogP contribution in [-0.4, -0.2) is 59.3 Å². The van der Waals surface area contributed by atoms with E-state index in [-0.39, 0.29) is 18.2 Å². The maximum absolute atomic E-state index is 13.2. The Kier molecular flexibility index (Phi) is 5.77. The highest BCUT2D eigenvalue weighted by atomic mass is 19.1. The second kappa shape index (κ2) is 7.44. The molecule has 1 saturated heterocycles. The van der Waals surface area contributed by atoms with Crippen LogP contribution in [-0.2, 0) is 4.74 Å². The molecule has 1 fully saturated rings. The van der Waals surface area contributed by atoms with Gasteiger partial charge in [0.15, 0.2) is 0 Å². The Balaban J connectivity index is 1.85. The van der Waals surface area contributed by atoms with Crippen LogP contribution in [0, 0.1) is 11.6 Å². The number of hydrogen-bond donors (Lipinski definition) is 1. The molecule has 134 valence electrons. The summed E-state index contributed by atoms with van der Waals surface area (Å²) < 4.78 is 31.8. The normalized spacial score (nSPS) is 17.7. The zero-order chi connectivity index (χ0) is 17.9. The standard InChI is InChI=1S/C17H24F2N2O3/c1-17(2,3)24-16(23)21-6-4-20(5-7-21)11-15(22)12-8-13(18)10-14(19)9-12/h8-10,15,22H,4-7,11H2,1-3H3. The average Bonchev–Trinajstić information content (AvgIpc) is 2.45. The number of hydrogen-bond acceptors (Lipinski definition) is 4. The molecule has 1 unspecified atom stereocenters. The third kappa shape index (κ3) is 5.42. The van der Waals surface area contributed by atoms with Crippen molar-refractivity contribution >= 4 is 6.09 Å². The molecule has 0 aromatic heterocycles. The zero-order valence-corrected chi connectivity index (χ0v) is 14.3. The minimum absolute atomic E-state index is 0.210. The lowest BCUT2D eigenvalue weighted by Gasteiger charge is -2.36. The van der Waals surface area contributed by atoms with Gasteiger partial charge in [0, 0.05) is 38.8 Å². The highest BCUT2D eigenvalue weighted by Gasteiger charge is 2.26. The first-order chi connectivity index (χ1) is 11.1. The average molecular weight is 342 g/mol. The predicted octanol–water partition coefficient (Wildman–Crippen LogP) is 2.55. The molecular formula is C17H24F2N2O3. The zero-order valence-electron chi connectivity index (χ0n) is 14.3. The largest absolute Gasteiger partial charge is 0.444 e. The number of aliphatic hydroxyl groups excluding tert-OH is 1. The molecule has 1 heterocycles. The SMILES string of the molecule is CC(C)(C)OC(=O)N1CCN(CC(O)c2cc(F)cc(F)c2)CC1. The minimum Gasteiger partial charge on any atom is -0.444 e. The fourth-order valence-corrected chi connectivity index (χ4v) is 2.56. The number of piperazine rings is 1. The topological polar surface area (TPSA) is 53.0 Å². The first-order valence-electron chi connectivity index (χ1n) is 7.98. The Morgan fingerprint density at radius 2 is 1.71 bits per heavy atom. The van der Waals surface area contributed by atoms with Gasteiger partial charge in [0.05, 0.1) is 6.10 Å². The summed E-state index contributed by atoms with van der Waals surface area (Å²) >= 11 is 0. The molecule has 24 heavy (non-hydrogen) atoms. The van der Waals surface area contributed by atoms with Gasteiger partial charge in [0.1, 0.15) is 17.2 Å². The summed E-state index contributed by atoms with van der Waals surface area (Å²) in [5.74, 6) is -1.42. The molecule has 5 nitrogen and oxygen atoms in total. The number of amides is 1.